The number of nitrogens with zero attached hydrogens (tertiary/aromatic N) is 1. The van der Waals surface area contributed by atoms with Crippen LogP contribution in [0.5, 0.6) is 5.75 Å². The summed E-state index contributed by atoms with van der Waals surface area (Å²) in [6, 6.07) is 4.80. The first-order chi connectivity index (χ1) is 8.58. The van der Waals surface area contributed by atoms with E-state index in [0.29, 0.717) is 12.0 Å². The molecule has 1 heterocycles. The van der Waals surface area contributed by atoms with Gasteiger partial charge in [-0.3, -0.25) is 4.90 Å². The second-order valence-electron chi connectivity index (χ2n) is 5.40. The second-order valence-corrected chi connectivity index (χ2v) is 5.40. The van der Waals surface area contributed by atoms with E-state index in [0.717, 1.165) is 18.8 Å². The molecule has 2 atom stereocenters. The minimum Gasteiger partial charge on any atom is -0.496 e. The molecule has 0 aromatic heterocycles. The van der Waals surface area contributed by atoms with Crippen LogP contribution in [0.2, 0.25) is 0 Å². The number of ether oxygens (including phenoxy) is 1. The van der Waals surface area contributed by atoms with Gasteiger partial charge >= 0.3 is 0 Å². The number of benzene rings is 1. The smallest absolute Gasteiger partial charge is 0.122 e. The Morgan fingerprint density at radius 3 is 2.61 bits per heavy atom. The van der Waals surface area contributed by atoms with Crippen LogP contribution in [0.4, 0.5) is 0 Å². The van der Waals surface area contributed by atoms with Crippen molar-refractivity contribution in [3.8, 4) is 5.75 Å². The first kappa shape index (κ1) is 13.4. The van der Waals surface area contributed by atoms with Gasteiger partial charge in [-0.15, -0.1) is 0 Å². The number of methoxy groups -OCH3 is 1. The fourth-order valence-corrected chi connectivity index (χ4v) is 3.04. The molecule has 1 aliphatic heterocycles. The Morgan fingerprint density at radius 2 is 2.06 bits per heavy atom. The molecule has 3 heteroatoms. The molecule has 100 valence electrons. The van der Waals surface area contributed by atoms with Crippen LogP contribution in [0.1, 0.15) is 29.2 Å². The molecular formula is C15H24N2O. The van der Waals surface area contributed by atoms with Gasteiger partial charge in [0.25, 0.3) is 0 Å². The molecule has 0 bridgehead atoms. The van der Waals surface area contributed by atoms with Gasteiger partial charge in [-0.1, -0.05) is 6.07 Å². The number of likely N-dealkylation sites (tertiary alicyclic amines) is 1. The lowest BCUT2D eigenvalue weighted by Crippen LogP contribution is -2.21. The van der Waals surface area contributed by atoms with Crippen molar-refractivity contribution in [2.45, 2.75) is 26.3 Å². The molecule has 2 rings (SSSR count). The zero-order valence-electron chi connectivity index (χ0n) is 11.9. The molecule has 1 saturated heterocycles. The maximum Gasteiger partial charge on any atom is 0.122 e. The molecule has 0 spiro atoms. The van der Waals surface area contributed by atoms with Crippen molar-refractivity contribution in [1.29, 1.82) is 0 Å². The molecule has 0 aliphatic carbocycles. The highest BCUT2D eigenvalue weighted by atomic mass is 16.5. The SMILES string of the molecule is COc1ccc(C2CC(CN)CN2C)c(C)c1C. The highest BCUT2D eigenvalue weighted by Crippen LogP contribution is 2.37. The molecule has 0 amide bonds. The Kier molecular flexibility index (Phi) is 3.93. The summed E-state index contributed by atoms with van der Waals surface area (Å²) in [6.07, 6.45) is 1.17. The number of hydrogen-bond acceptors (Lipinski definition) is 3. The third kappa shape index (κ3) is 2.25. The minimum atomic E-state index is 0.503. The minimum absolute atomic E-state index is 0.503. The highest BCUT2D eigenvalue weighted by Gasteiger charge is 2.30. The summed E-state index contributed by atoms with van der Waals surface area (Å²) in [5, 5.41) is 0. The van der Waals surface area contributed by atoms with Gasteiger partial charge in [0.05, 0.1) is 7.11 Å². The summed E-state index contributed by atoms with van der Waals surface area (Å²) >= 11 is 0. The summed E-state index contributed by atoms with van der Waals surface area (Å²) in [4.78, 5) is 2.42. The van der Waals surface area contributed by atoms with Crippen molar-refractivity contribution >= 4 is 0 Å². The molecule has 1 fully saturated rings. The summed E-state index contributed by atoms with van der Waals surface area (Å²) in [7, 11) is 3.92. The highest BCUT2D eigenvalue weighted by molar-refractivity contribution is 5.45. The third-order valence-electron chi connectivity index (χ3n) is 4.33. The van der Waals surface area contributed by atoms with Crippen LogP contribution < -0.4 is 10.5 Å². The van der Waals surface area contributed by atoms with E-state index in [1.807, 2.05) is 0 Å². The van der Waals surface area contributed by atoms with Crippen molar-refractivity contribution in [2.24, 2.45) is 11.7 Å². The van der Waals surface area contributed by atoms with Gasteiger partial charge in [-0.25, -0.2) is 0 Å². The summed E-state index contributed by atoms with van der Waals surface area (Å²) < 4.78 is 5.38. The fourth-order valence-electron chi connectivity index (χ4n) is 3.04. The normalized spacial score (nSPS) is 24.5. The van der Waals surface area contributed by atoms with Crippen LogP contribution in [0.25, 0.3) is 0 Å². The Bertz CT molecular complexity index is 431. The molecule has 0 saturated carbocycles. The van der Waals surface area contributed by atoms with Gasteiger partial charge in [-0.05, 0) is 62.5 Å². The second kappa shape index (κ2) is 5.29. The summed E-state index contributed by atoms with van der Waals surface area (Å²) in [5.74, 6) is 1.61. The standard InChI is InChI=1S/C15H24N2O/c1-10-11(2)15(18-4)6-5-13(10)14-7-12(8-16)9-17(14)3/h5-6,12,14H,7-9,16H2,1-4H3. The van der Waals surface area contributed by atoms with Crippen LogP contribution in [-0.4, -0.2) is 32.1 Å². The molecule has 2 unspecified atom stereocenters. The third-order valence-corrected chi connectivity index (χ3v) is 4.33. The maximum absolute atomic E-state index is 5.80. The molecule has 3 nitrogen and oxygen atoms in total. The van der Waals surface area contributed by atoms with Gasteiger partial charge < -0.3 is 10.5 Å². The van der Waals surface area contributed by atoms with Gasteiger partial charge in [0.15, 0.2) is 0 Å². The van der Waals surface area contributed by atoms with Crippen molar-refractivity contribution in [3.05, 3.63) is 28.8 Å². The maximum atomic E-state index is 5.80. The molecular weight excluding hydrogens is 224 g/mol. The van der Waals surface area contributed by atoms with Crippen LogP contribution in [-0.2, 0) is 0 Å². The monoisotopic (exact) mass is 248 g/mol. The topological polar surface area (TPSA) is 38.5 Å². The van der Waals surface area contributed by atoms with Crippen molar-refractivity contribution in [3.63, 3.8) is 0 Å². The lowest BCUT2D eigenvalue weighted by molar-refractivity contribution is 0.312. The number of nitrogens with two attached hydrogens (primary N) is 1. The van der Waals surface area contributed by atoms with Crippen molar-refractivity contribution in [1.82, 2.24) is 4.90 Å². The first-order valence-corrected chi connectivity index (χ1v) is 6.62. The molecule has 0 radical (unpaired) electrons. The number of rotatable bonds is 3. The quantitative estimate of drug-likeness (QED) is 0.891. The average molecular weight is 248 g/mol. The average Bonchev–Trinajstić information content (AvgIpc) is 2.74. The van der Waals surface area contributed by atoms with Gasteiger partial charge in [-0.2, -0.15) is 0 Å². The predicted octanol–water partition coefficient (Wildman–Crippen LogP) is 2.26. The van der Waals surface area contributed by atoms with Crippen LogP contribution in [0.15, 0.2) is 12.1 Å². The Morgan fingerprint density at radius 1 is 1.33 bits per heavy atom. The van der Waals surface area contributed by atoms with Crippen LogP contribution in [0.3, 0.4) is 0 Å². The van der Waals surface area contributed by atoms with Gasteiger partial charge in [0.1, 0.15) is 5.75 Å². The Labute approximate surface area is 110 Å². The number of hydrogen-bond donors (Lipinski definition) is 1. The predicted molar refractivity (Wildman–Crippen MR) is 75.0 cm³/mol. The van der Waals surface area contributed by atoms with Crippen LogP contribution in [0, 0.1) is 19.8 Å². The van der Waals surface area contributed by atoms with E-state index in [-0.39, 0.29) is 0 Å². The molecule has 1 aromatic rings. The zero-order valence-corrected chi connectivity index (χ0v) is 11.9. The van der Waals surface area contributed by atoms with E-state index in [4.69, 9.17) is 10.5 Å². The van der Waals surface area contributed by atoms with E-state index in [1.54, 1.807) is 7.11 Å². The lowest BCUT2D eigenvalue weighted by Gasteiger charge is -2.23. The molecule has 1 aromatic carbocycles. The fraction of sp³-hybridized carbons (Fsp3) is 0.600. The van der Waals surface area contributed by atoms with E-state index >= 15 is 0 Å². The van der Waals surface area contributed by atoms with Gasteiger partial charge in [0, 0.05) is 12.6 Å². The van der Waals surface area contributed by atoms with Crippen molar-refractivity contribution < 1.29 is 4.74 Å². The molecule has 18 heavy (non-hydrogen) atoms. The van der Waals surface area contributed by atoms with Crippen molar-refractivity contribution in [2.75, 3.05) is 27.2 Å². The van der Waals surface area contributed by atoms with Crippen LogP contribution >= 0.6 is 0 Å². The molecule has 1 aliphatic rings. The Hall–Kier alpha value is -1.06. The summed E-state index contributed by atoms with van der Waals surface area (Å²) in [6.45, 7) is 6.21. The first-order valence-electron chi connectivity index (χ1n) is 6.62. The van der Waals surface area contributed by atoms with Gasteiger partial charge in [0.2, 0.25) is 0 Å². The van der Waals surface area contributed by atoms with E-state index in [2.05, 4.69) is 37.9 Å². The van der Waals surface area contributed by atoms with E-state index in [1.165, 1.54) is 23.1 Å². The lowest BCUT2D eigenvalue weighted by atomic mass is 9.93. The largest absolute Gasteiger partial charge is 0.496 e. The zero-order chi connectivity index (χ0) is 13.3. The molecule has 2 N–H and O–H groups in total. The Balaban J connectivity index is 2.32. The summed E-state index contributed by atoms with van der Waals surface area (Å²) in [5.41, 5.74) is 9.83. The van der Waals surface area contributed by atoms with E-state index in [9.17, 15) is 0 Å². The van der Waals surface area contributed by atoms with E-state index < -0.39 is 0 Å².